The van der Waals surface area contributed by atoms with Crippen molar-refractivity contribution in [3.63, 3.8) is 0 Å². The summed E-state index contributed by atoms with van der Waals surface area (Å²) in [5.41, 5.74) is 0. The minimum Gasteiger partial charge on any atom is -0.339 e. The van der Waals surface area contributed by atoms with E-state index in [9.17, 15) is 4.79 Å². The second-order valence-electron chi connectivity index (χ2n) is 3.14. The molecular weight excluding hydrogens is 206 g/mol. The Balaban J connectivity index is 2.44. The molecule has 1 heterocycles. The molecule has 1 atom stereocenters. The standard InChI is InChI=1S/C9H16ClNOS/c1-2-11(9(12)3-5-10)8-4-6-13-7-8/h8H,2-7H2,1H3/t8-/m1/s1. The van der Waals surface area contributed by atoms with E-state index in [2.05, 4.69) is 0 Å². The van der Waals surface area contributed by atoms with Crippen LogP contribution in [0, 0.1) is 0 Å². The van der Waals surface area contributed by atoms with Gasteiger partial charge in [0.15, 0.2) is 0 Å². The fourth-order valence-corrected chi connectivity index (χ4v) is 3.02. The summed E-state index contributed by atoms with van der Waals surface area (Å²) in [6.07, 6.45) is 1.63. The number of thioether (sulfide) groups is 1. The van der Waals surface area contributed by atoms with E-state index in [0.29, 0.717) is 18.3 Å². The molecule has 0 spiro atoms. The van der Waals surface area contributed by atoms with Crippen molar-refractivity contribution in [3.05, 3.63) is 0 Å². The van der Waals surface area contributed by atoms with Gasteiger partial charge >= 0.3 is 0 Å². The number of hydrogen-bond acceptors (Lipinski definition) is 2. The van der Waals surface area contributed by atoms with Gasteiger partial charge in [-0.25, -0.2) is 0 Å². The highest BCUT2D eigenvalue weighted by Gasteiger charge is 2.24. The summed E-state index contributed by atoms with van der Waals surface area (Å²) in [6, 6.07) is 0.464. The minimum absolute atomic E-state index is 0.213. The molecule has 0 N–H and O–H groups in total. The number of rotatable bonds is 4. The van der Waals surface area contributed by atoms with Gasteiger partial charge in [0.25, 0.3) is 0 Å². The highest BCUT2D eigenvalue weighted by atomic mass is 35.5. The molecule has 0 aliphatic carbocycles. The van der Waals surface area contributed by atoms with E-state index in [1.54, 1.807) is 0 Å². The molecule has 1 aliphatic rings. The fourth-order valence-electron chi connectivity index (χ4n) is 1.63. The van der Waals surface area contributed by atoms with Crippen LogP contribution in [0.25, 0.3) is 0 Å². The van der Waals surface area contributed by atoms with Crippen LogP contribution in [-0.2, 0) is 4.79 Å². The number of hydrogen-bond donors (Lipinski definition) is 0. The lowest BCUT2D eigenvalue weighted by Gasteiger charge is -2.26. The van der Waals surface area contributed by atoms with Crippen molar-refractivity contribution in [2.75, 3.05) is 23.9 Å². The Labute approximate surface area is 89.0 Å². The molecule has 1 saturated heterocycles. The zero-order valence-electron chi connectivity index (χ0n) is 7.96. The predicted molar refractivity (Wildman–Crippen MR) is 58.5 cm³/mol. The third-order valence-electron chi connectivity index (χ3n) is 2.32. The average Bonchev–Trinajstić information content (AvgIpc) is 2.59. The van der Waals surface area contributed by atoms with Gasteiger partial charge in [-0.15, -0.1) is 11.6 Å². The lowest BCUT2D eigenvalue weighted by atomic mass is 10.2. The Morgan fingerprint density at radius 3 is 2.92 bits per heavy atom. The Kier molecular flexibility index (Phi) is 4.96. The van der Waals surface area contributed by atoms with Crippen molar-refractivity contribution in [2.24, 2.45) is 0 Å². The van der Waals surface area contributed by atoms with Crippen molar-refractivity contribution in [1.82, 2.24) is 4.90 Å². The lowest BCUT2D eigenvalue weighted by Crippen LogP contribution is -2.40. The van der Waals surface area contributed by atoms with Crippen LogP contribution >= 0.6 is 23.4 Å². The first kappa shape index (κ1) is 11.2. The Hall–Kier alpha value is 0.110. The zero-order chi connectivity index (χ0) is 9.68. The monoisotopic (exact) mass is 221 g/mol. The van der Waals surface area contributed by atoms with Crippen LogP contribution in [0.4, 0.5) is 0 Å². The van der Waals surface area contributed by atoms with E-state index in [-0.39, 0.29) is 5.91 Å². The van der Waals surface area contributed by atoms with Crippen molar-refractivity contribution in [3.8, 4) is 0 Å². The van der Waals surface area contributed by atoms with E-state index in [4.69, 9.17) is 11.6 Å². The van der Waals surface area contributed by atoms with Crippen molar-refractivity contribution in [2.45, 2.75) is 25.8 Å². The Morgan fingerprint density at radius 1 is 1.69 bits per heavy atom. The van der Waals surface area contributed by atoms with Crippen molar-refractivity contribution >= 4 is 29.3 Å². The normalized spacial score (nSPS) is 21.8. The van der Waals surface area contributed by atoms with Gasteiger partial charge in [0.05, 0.1) is 0 Å². The van der Waals surface area contributed by atoms with Gasteiger partial charge in [-0.05, 0) is 19.1 Å². The number of alkyl halides is 1. The van der Waals surface area contributed by atoms with Crippen LogP contribution in [-0.4, -0.2) is 40.8 Å². The SMILES string of the molecule is CCN(C(=O)CCCl)[C@@H]1CCSC1. The summed E-state index contributed by atoms with van der Waals surface area (Å²) >= 11 is 7.49. The van der Waals surface area contributed by atoms with Crippen LogP contribution in [0.5, 0.6) is 0 Å². The average molecular weight is 222 g/mol. The fraction of sp³-hybridized carbons (Fsp3) is 0.889. The number of nitrogens with zero attached hydrogens (tertiary/aromatic N) is 1. The third kappa shape index (κ3) is 3.06. The molecule has 0 unspecified atom stereocenters. The van der Waals surface area contributed by atoms with E-state index >= 15 is 0 Å². The second-order valence-corrected chi connectivity index (χ2v) is 4.66. The van der Waals surface area contributed by atoms with Crippen LogP contribution in [0.1, 0.15) is 19.8 Å². The molecule has 0 aromatic carbocycles. The molecule has 0 bridgehead atoms. The van der Waals surface area contributed by atoms with Crippen LogP contribution in [0.15, 0.2) is 0 Å². The summed E-state index contributed by atoms with van der Waals surface area (Å²) in [5, 5.41) is 0. The molecule has 0 aromatic heterocycles. The molecule has 13 heavy (non-hydrogen) atoms. The van der Waals surface area contributed by atoms with E-state index in [0.717, 1.165) is 18.7 Å². The highest BCUT2D eigenvalue weighted by molar-refractivity contribution is 7.99. The molecule has 2 nitrogen and oxygen atoms in total. The Bertz CT molecular complexity index is 171. The van der Waals surface area contributed by atoms with Gasteiger partial charge in [-0.3, -0.25) is 4.79 Å². The van der Waals surface area contributed by atoms with Crippen molar-refractivity contribution in [1.29, 1.82) is 0 Å². The lowest BCUT2D eigenvalue weighted by molar-refractivity contribution is -0.132. The predicted octanol–water partition coefficient (Wildman–Crippen LogP) is 1.97. The summed E-state index contributed by atoms with van der Waals surface area (Å²) in [5.74, 6) is 2.94. The van der Waals surface area contributed by atoms with Gasteiger partial charge in [-0.2, -0.15) is 11.8 Å². The van der Waals surface area contributed by atoms with Gasteiger partial charge in [-0.1, -0.05) is 0 Å². The van der Waals surface area contributed by atoms with Gasteiger partial charge < -0.3 is 4.90 Å². The molecule has 4 heteroatoms. The maximum atomic E-state index is 11.6. The minimum atomic E-state index is 0.213. The first-order chi connectivity index (χ1) is 6.29. The molecule has 1 rings (SSSR count). The van der Waals surface area contributed by atoms with Gasteiger partial charge in [0.1, 0.15) is 0 Å². The molecule has 0 radical (unpaired) electrons. The number of halogens is 1. The van der Waals surface area contributed by atoms with Gasteiger partial charge in [0, 0.05) is 30.6 Å². The largest absolute Gasteiger partial charge is 0.339 e. The molecule has 76 valence electrons. The molecule has 0 saturated carbocycles. The van der Waals surface area contributed by atoms with E-state index in [1.807, 2.05) is 23.6 Å². The molecule has 1 amide bonds. The molecule has 1 fully saturated rings. The number of carbonyl (C=O) groups excluding carboxylic acids is 1. The van der Waals surface area contributed by atoms with Gasteiger partial charge in [0.2, 0.25) is 5.91 Å². The molecular formula is C9H16ClNOS. The second kappa shape index (κ2) is 5.76. The molecule has 1 aliphatic heterocycles. The zero-order valence-corrected chi connectivity index (χ0v) is 9.53. The number of amides is 1. The number of carbonyl (C=O) groups is 1. The van der Waals surface area contributed by atoms with Crippen LogP contribution in [0.2, 0.25) is 0 Å². The Morgan fingerprint density at radius 2 is 2.46 bits per heavy atom. The smallest absolute Gasteiger partial charge is 0.224 e. The van der Waals surface area contributed by atoms with Crippen LogP contribution < -0.4 is 0 Å². The first-order valence-corrected chi connectivity index (χ1v) is 6.41. The topological polar surface area (TPSA) is 20.3 Å². The summed E-state index contributed by atoms with van der Waals surface area (Å²) in [4.78, 5) is 13.6. The van der Waals surface area contributed by atoms with Crippen molar-refractivity contribution < 1.29 is 4.79 Å². The van der Waals surface area contributed by atoms with Crippen LogP contribution in [0.3, 0.4) is 0 Å². The maximum absolute atomic E-state index is 11.6. The summed E-state index contributed by atoms with van der Waals surface area (Å²) < 4.78 is 0. The highest BCUT2D eigenvalue weighted by Crippen LogP contribution is 2.22. The first-order valence-electron chi connectivity index (χ1n) is 4.72. The maximum Gasteiger partial charge on any atom is 0.224 e. The summed E-state index contributed by atoms with van der Waals surface area (Å²) in [6.45, 7) is 2.86. The van der Waals surface area contributed by atoms with E-state index in [1.165, 1.54) is 5.75 Å². The summed E-state index contributed by atoms with van der Waals surface area (Å²) in [7, 11) is 0. The third-order valence-corrected chi connectivity index (χ3v) is 3.65. The molecule has 0 aromatic rings. The quantitative estimate of drug-likeness (QED) is 0.677. The van der Waals surface area contributed by atoms with E-state index < -0.39 is 0 Å².